The summed E-state index contributed by atoms with van der Waals surface area (Å²) in [5, 5.41) is 9.20. The number of carbonyl (C=O) groups excluding carboxylic acids is 4. The molecule has 2 rings (SSSR count). The van der Waals surface area contributed by atoms with Crippen LogP contribution in [0.1, 0.15) is 33.3 Å². The van der Waals surface area contributed by atoms with E-state index in [2.05, 4.69) is 0 Å². The highest BCUT2D eigenvalue weighted by atomic mass is 16.7. The van der Waals surface area contributed by atoms with Crippen molar-refractivity contribution in [2.75, 3.05) is 6.61 Å². The van der Waals surface area contributed by atoms with Gasteiger partial charge >= 0.3 is 23.9 Å². The highest BCUT2D eigenvalue weighted by Crippen LogP contribution is 2.31. The minimum Gasteiger partial charge on any atom is -0.463 e. The highest BCUT2D eigenvalue weighted by molar-refractivity contribution is 5.68. The maximum atomic E-state index is 11.8. The van der Waals surface area contributed by atoms with Gasteiger partial charge < -0.3 is 33.5 Å². The third-order valence-corrected chi connectivity index (χ3v) is 4.31. The second kappa shape index (κ2) is 11.4. The molecule has 0 unspecified atom stereocenters. The molecule has 0 spiro atoms. The quantitative estimate of drug-likeness (QED) is 0.436. The van der Waals surface area contributed by atoms with E-state index in [4.69, 9.17) is 28.4 Å². The molecule has 0 radical (unpaired) electrons. The van der Waals surface area contributed by atoms with E-state index in [-0.39, 0.29) is 13.2 Å². The fraction of sp³-hybridized carbons (Fsp3) is 0.524. The van der Waals surface area contributed by atoms with Gasteiger partial charge in [0.05, 0.1) is 6.61 Å². The first-order valence-electron chi connectivity index (χ1n) is 9.77. The van der Waals surface area contributed by atoms with Gasteiger partial charge in [0, 0.05) is 27.7 Å². The molecule has 176 valence electrons. The summed E-state index contributed by atoms with van der Waals surface area (Å²) in [5.41, 5.74) is 0.638. The Morgan fingerprint density at radius 2 is 1.34 bits per heavy atom. The second-order valence-corrected chi connectivity index (χ2v) is 6.99. The SMILES string of the molecule is CC(=O)OC[C@H]1O[C@H](Oc2ccc(CO)cc2)[C@H](OC(C)=O)[C@@H](OC(C)=O)[C@@H]1OC(C)=O. The molecule has 1 saturated heterocycles. The standard InChI is InChI=1S/C21H26O11/c1-11(23)27-10-17-18(28-12(2)24)19(29-13(3)25)20(30-14(4)26)21(32-17)31-16-7-5-15(9-22)6-8-16/h5-8,17-22H,9-10H2,1-4H3/t17-,18-,19+,20-,21+/m1/s1. The fourth-order valence-electron chi connectivity index (χ4n) is 3.09. The average Bonchev–Trinajstić information content (AvgIpc) is 2.70. The minimum absolute atomic E-state index is 0.167. The van der Waals surface area contributed by atoms with E-state index in [0.29, 0.717) is 11.3 Å². The van der Waals surface area contributed by atoms with Crippen molar-refractivity contribution < 1.29 is 52.7 Å². The zero-order chi connectivity index (χ0) is 23.8. The van der Waals surface area contributed by atoms with Crippen LogP contribution in [0.25, 0.3) is 0 Å². The molecule has 0 aromatic heterocycles. The molecule has 0 amide bonds. The smallest absolute Gasteiger partial charge is 0.303 e. The van der Waals surface area contributed by atoms with Gasteiger partial charge in [0.15, 0.2) is 12.2 Å². The molecule has 0 aliphatic carbocycles. The Bertz CT molecular complexity index is 820. The Morgan fingerprint density at radius 1 is 0.812 bits per heavy atom. The normalized spacial score (nSPS) is 24.7. The first-order chi connectivity index (χ1) is 15.1. The summed E-state index contributed by atoms with van der Waals surface area (Å²) in [5.74, 6) is -2.49. The summed E-state index contributed by atoms with van der Waals surface area (Å²) in [6.45, 7) is 4.09. The molecule has 1 aromatic rings. The van der Waals surface area contributed by atoms with Gasteiger partial charge in [-0.05, 0) is 17.7 Å². The lowest BCUT2D eigenvalue weighted by Crippen LogP contribution is -2.63. The van der Waals surface area contributed by atoms with Gasteiger partial charge in [-0.2, -0.15) is 0 Å². The van der Waals surface area contributed by atoms with Crippen molar-refractivity contribution in [2.45, 2.75) is 65.0 Å². The first-order valence-corrected chi connectivity index (χ1v) is 9.77. The van der Waals surface area contributed by atoms with E-state index in [0.717, 1.165) is 20.8 Å². The van der Waals surface area contributed by atoms with Gasteiger partial charge in [0.25, 0.3) is 0 Å². The molecule has 5 atom stereocenters. The summed E-state index contributed by atoms with van der Waals surface area (Å²) in [7, 11) is 0. The monoisotopic (exact) mass is 454 g/mol. The van der Waals surface area contributed by atoms with E-state index in [9.17, 15) is 24.3 Å². The zero-order valence-electron chi connectivity index (χ0n) is 18.1. The van der Waals surface area contributed by atoms with E-state index in [1.807, 2.05) is 0 Å². The van der Waals surface area contributed by atoms with Crippen molar-refractivity contribution in [1.82, 2.24) is 0 Å². The summed E-state index contributed by atoms with van der Waals surface area (Å²) in [6, 6.07) is 6.33. The highest BCUT2D eigenvalue weighted by Gasteiger charge is 2.53. The number of hydrogen-bond donors (Lipinski definition) is 1. The Morgan fingerprint density at radius 3 is 1.84 bits per heavy atom. The molecular weight excluding hydrogens is 428 g/mol. The second-order valence-electron chi connectivity index (χ2n) is 6.99. The van der Waals surface area contributed by atoms with Crippen LogP contribution in [0.15, 0.2) is 24.3 Å². The van der Waals surface area contributed by atoms with Crippen LogP contribution in [-0.4, -0.2) is 66.3 Å². The molecule has 1 N–H and O–H groups in total. The molecule has 0 saturated carbocycles. The Balaban J connectivity index is 2.42. The van der Waals surface area contributed by atoms with Crippen LogP contribution in [0.5, 0.6) is 5.75 Å². The molecule has 32 heavy (non-hydrogen) atoms. The minimum atomic E-state index is -1.31. The van der Waals surface area contributed by atoms with Crippen molar-refractivity contribution in [3.05, 3.63) is 29.8 Å². The number of hydrogen-bond acceptors (Lipinski definition) is 11. The number of aliphatic hydroxyl groups is 1. The van der Waals surface area contributed by atoms with Gasteiger partial charge in [-0.25, -0.2) is 0 Å². The lowest BCUT2D eigenvalue weighted by atomic mass is 9.98. The predicted octanol–water partition coefficient (Wildman–Crippen LogP) is 0.641. The van der Waals surface area contributed by atoms with Crippen LogP contribution in [0.4, 0.5) is 0 Å². The molecule has 1 aliphatic heterocycles. The largest absolute Gasteiger partial charge is 0.463 e. The number of ether oxygens (including phenoxy) is 6. The van der Waals surface area contributed by atoms with Crippen LogP contribution in [0.3, 0.4) is 0 Å². The van der Waals surface area contributed by atoms with Crippen molar-refractivity contribution >= 4 is 23.9 Å². The predicted molar refractivity (Wildman–Crippen MR) is 105 cm³/mol. The number of benzene rings is 1. The number of carbonyl (C=O) groups is 4. The number of esters is 4. The molecule has 1 aromatic carbocycles. The zero-order valence-corrected chi connectivity index (χ0v) is 18.1. The van der Waals surface area contributed by atoms with Crippen molar-refractivity contribution in [3.8, 4) is 5.75 Å². The Labute approximate surface area is 184 Å². The van der Waals surface area contributed by atoms with Crippen molar-refractivity contribution in [1.29, 1.82) is 0 Å². The Hall–Kier alpha value is -3.18. The van der Waals surface area contributed by atoms with Crippen LogP contribution in [-0.2, 0) is 49.5 Å². The fourth-order valence-corrected chi connectivity index (χ4v) is 3.09. The van der Waals surface area contributed by atoms with Gasteiger partial charge in [-0.1, -0.05) is 12.1 Å². The summed E-state index contributed by atoms with van der Waals surface area (Å²) in [6.07, 6.45) is -6.28. The summed E-state index contributed by atoms with van der Waals surface area (Å²) in [4.78, 5) is 46.6. The molecule has 1 aliphatic rings. The van der Waals surface area contributed by atoms with E-state index in [1.54, 1.807) is 24.3 Å². The molecule has 1 heterocycles. The summed E-state index contributed by atoms with van der Waals surface area (Å²) < 4.78 is 32.6. The van der Waals surface area contributed by atoms with E-state index < -0.39 is 54.6 Å². The van der Waals surface area contributed by atoms with Gasteiger partial charge in [0.2, 0.25) is 12.4 Å². The van der Waals surface area contributed by atoms with E-state index in [1.165, 1.54) is 6.92 Å². The summed E-state index contributed by atoms with van der Waals surface area (Å²) >= 11 is 0. The topological polar surface area (TPSA) is 144 Å². The van der Waals surface area contributed by atoms with Crippen molar-refractivity contribution in [3.63, 3.8) is 0 Å². The van der Waals surface area contributed by atoms with Crippen LogP contribution in [0, 0.1) is 0 Å². The van der Waals surface area contributed by atoms with Crippen LogP contribution < -0.4 is 4.74 Å². The maximum absolute atomic E-state index is 11.8. The average molecular weight is 454 g/mol. The third kappa shape index (κ3) is 7.20. The molecule has 11 heteroatoms. The lowest BCUT2D eigenvalue weighted by molar-refractivity contribution is -0.288. The van der Waals surface area contributed by atoms with Crippen LogP contribution >= 0.6 is 0 Å². The molecule has 1 fully saturated rings. The maximum Gasteiger partial charge on any atom is 0.303 e. The third-order valence-electron chi connectivity index (χ3n) is 4.31. The van der Waals surface area contributed by atoms with Crippen LogP contribution in [0.2, 0.25) is 0 Å². The first kappa shape index (κ1) is 25.1. The van der Waals surface area contributed by atoms with E-state index >= 15 is 0 Å². The van der Waals surface area contributed by atoms with Gasteiger partial charge in [-0.15, -0.1) is 0 Å². The molecule has 11 nitrogen and oxygen atoms in total. The van der Waals surface area contributed by atoms with Crippen molar-refractivity contribution in [2.24, 2.45) is 0 Å². The number of rotatable bonds is 8. The van der Waals surface area contributed by atoms with Gasteiger partial charge in [0.1, 0.15) is 18.5 Å². The Kier molecular flexibility index (Phi) is 8.97. The lowest BCUT2D eigenvalue weighted by Gasteiger charge is -2.43. The molecular formula is C21H26O11. The number of aliphatic hydroxyl groups excluding tert-OH is 1. The molecule has 0 bridgehead atoms. The van der Waals surface area contributed by atoms with Gasteiger partial charge in [-0.3, -0.25) is 19.2 Å².